The van der Waals surface area contributed by atoms with Crippen molar-refractivity contribution < 1.29 is 0 Å². The molecule has 0 radical (unpaired) electrons. The number of hydrogen-bond acceptors (Lipinski definition) is 2. The van der Waals surface area contributed by atoms with Crippen molar-refractivity contribution in [2.45, 2.75) is 11.3 Å². The zero-order valence-electron chi connectivity index (χ0n) is 8.35. The highest BCUT2D eigenvalue weighted by Crippen LogP contribution is 2.19. The van der Waals surface area contributed by atoms with Gasteiger partial charge in [0.2, 0.25) is 0 Å². The van der Waals surface area contributed by atoms with E-state index in [9.17, 15) is 0 Å². The highest BCUT2D eigenvalue weighted by Gasteiger charge is 1.98. The smallest absolute Gasteiger partial charge is 0.0449 e. The third kappa shape index (κ3) is 2.54. The fraction of sp³-hybridized carbons (Fsp3) is 0.0769. The molecule has 0 atom stereocenters. The predicted molar refractivity (Wildman–Crippen MR) is 67.4 cm³/mol. The van der Waals surface area contributed by atoms with E-state index in [0.717, 1.165) is 17.0 Å². The van der Waals surface area contributed by atoms with Crippen LogP contribution in [0, 0.1) is 0 Å². The number of nitrogens with two attached hydrogens (primary N) is 1. The van der Waals surface area contributed by atoms with E-state index in [2.05, 4.69) is 24.8 Å². The zero-order valence-corrected chi connectivity index (χ0v) is 9.24. The number of benzene rings is 2. The minimum atomic E-state index is 0.732. The molecule has 0 bridgehead atoms. The van der Waals surface area contributed by atoms with Crippen molar-refractivity contribution >= 4 is 18.3 Å². The number of hydrogen-bond donors (Lipinski definition) is 2. The maximum atomic E-state index is 5.71. The van der Waals surface area contributed by atoms with E-state index in [1.807, 2.05) is 36.4 Å². The lowest BCUT2D eigenvalue weighted by atomic mass is 10.0. The Labute approximate surface area is 95.3 Å². The summed E-state index contributed by atoms with van der Waals surface area (Å²) in [5, 5.41) is 0. The summed E-state index contributed by atoms with van der Waals surface area (Å²) < 4.78 is 0. The van der Waals surface area contributed by atoms with Crippen molar-refractivity contribution in [1.29, 1.82) is 0 Å². The summed E-state index contributed by atoms with van der Waals surface area (Å²) in [4.78, 5) is 0.850. The monoisotopic (exact) mass is 215 g/mol. The van der Waals surface area contributed by atoms with Gasteiger partial charge in [0.15, 0.2) is 0 Å². The molecular formula is C13H13NS. The SMILES string of the molecule is Nc1ccc(Cc2ccccc2)cc1S. The third-order valence-electron chi connectivity index (χ3n) is 2.35. The second-order valence-electron chi connectivity index (χ2n) is 3.56. The molecule has 76 valence electrons. The molecule has 0 spiro atoms. The minimum Gasteiger partial charge on any atom is -0.398 e. The van der Waals surface area contributed by atoms with Gasteiger partial charge in [-0.05, 0) is 29.7 Å². The van der Waals surface area contributed by atoms with Crippen molar-refractivity contribution in [3.63, 3.8) is 0 Å². The van der Waals surface area contributed by atoms with Gasteiger partial charge >= 0.3 is 0 Å². The lowest BCUT2D eigenvalue weighted by Crippen LogP contribution is -1.91. The topological polar surface area (TPSA) is 26.0 Å². The average Bonchev–Trinajstić information content (AvgIpc) is 2.25. The maximum absolute atomic E-state index is 5.71. The number of rotatable bonds is 2. The maximum Gasteiger partial charge on any atom is 0.0449 e. The summed E-state index contributed by atoms with van der Waals surface area (Å²) in [6.45, 7) is 0. The van der Waals surface area contributed by atoms with Crippen molar-refractivity contribution in [2.24, 2.45) is 0 Å². The Balaban J connectivity index is 2.22. The fourth-order valence-electron chi connectivity index (χ4n) is 1.53. The van der Waals surface area contributed by atoms with Crippen molar-refractivity contribution in [2.75, 3.05) is 5.73 Å². The Kier molecular flexibility index (Phi) is 2.97. The summed E-state index contributed by atoms with van der Waals surface area (Å²) in [5.41, 5.74) is 8.97. The summed E-state index contributed by atoms with van der Waals surface area (Å²) in [5.74, 6) is 0. The van der Waals surface area contributed by atoms with Crippen LogP contribution in [0.3, 0.4) is 0 Å². The zero-order chi connectivity index (χ0) is 10.7. The van der Waals surface area contributed by atoms with E-state index in [4.69, 9.17) is 5.73 Å². The van der Waals surface area contributed by atoms with E-state index in [-0.39, 0.29) is 0 Å². The van der Waals surface area contributed by atoms with Crippen LogP contribution in [0.1, 0.15) is 11.1 Å². The average molecular weight is 215 g/mol. The second kappa shape index (κ2) is 4.41. The molecule has 0 unspecified atom stereocenters. The van der Waals surface area contributed by atoms with Crippen LogP contribution >= 0.6 is 12.6 Å². The van der Waals surface area contributed by atoms with Crippen LogP contribution in [0.25, 0.3) is 0 Å². The number of anilines is 1. The Hall–Kier alpha value is -1.41. The number of nitrogen functional groups attached to an aromatic ring is 1. The van der Waals surface area contributed by atoms with Crippen LogP contribution in [0.4, 0.5) is 5.69 Å². The summed E-state index contributed by atoms with van der Waals surface area (Å²) in [6.07, 6.45) is 0.925. The normalized spacial score (nSPS) is 10.2. The van der Waals surface area contributed by atoms with Crippen LogP contribution in [-0.2, 0) is 6.42 Å². The molecule has 15 heavy (non-hydrogen) atoms. The summed E-state index contributed by atoms with van der Waals surface area (Å²) in [6, 6.07) is 16.3. The Morgan fingerprint density at radius 2 is 1.67 bits per heavy atom. The largest absolute Gasteiger partial charge is 0.398 e. The van der Waals surface area contributed by atoms with Gasteiger partial charge in [-0.15, -0.1) is 12.6 Å². The van der Waals surface area contributed by atoms with Gasteiger partial charge in [-0.25, -0.2) is 0 Å². The van der Waals surface area contributed by atoms with Gasteiger partial charge < -0.3 is 5.73 Å². The van der Waals surface area contributed by atoms with Crippen LogP contribution in [-0.4, -0.2) is 0 Å². The van der Waals surface area contributed by atoms with Gasteiger partial charge in [0.1, 0.15) is 0 Å². The van der Waals surface area contributed by atoms with Crippen molar-refractivity contribution in [3.05, 3.63) is 59.7 Å². The van der Waals surface area contributed by atoms with E-state index in [1.54, 1.807) is 0 Å². The quantitative estimate of drug-likeness (QED) is 0.584. The van der Waals surface area contributed by atoms with E-state index < -0.39 is 0 Å². The molecule has 0 aromatic heterocycles. The van der Waals surface area contributed by atoms with E-state index in [0.29, 0.717) is 0 Å². The van der Waals surface area contributed by atoms with Gasteiger partial charge in [-0.2, -0.15) is 0 Å². The predicted octanol–water partition coefficient (Wildman–Crippen LogP) is 3.15. The van der Waals surface area contributed by atoms with Gasteiger partial charge in [0.25, 0.3) is 0 Å². The Morgan fingerprint density at radius 1 is 0.933 bits per heavy atom. The molecule has 1 nitrogen and oxygen atoms in total. The van der Waals surface area contributed by atoms with Gasteiger partial charge in [0, 0.05) is 10.6 Å². The van der Waals surface area contributed by atoms with Crippen LogP contribution in [0.5, 0.6) is 0 Å². The summed E-state index contributed by atoms with van der Waals surface area (Å²) in [7, 11) is 0. The molecule has 0 fully saturated rings. The molecule has 0 saturated carbocycles. The van der Waals surface area contributed by atoms with Gasteiger partial charge in [0.05, 0.1) is 0 Å². The molecule has 2 aromatic carbocycles. The highest BCUT2D eigenvalue weighted by molar-refractivity contribution is 7.80. The fourth-order valence-corrected chi connectivity index (χ4v) is 1.77. The molecule has 2 aromatic rings. The Bertz CT molecular complexity index is 451. The van der Waals surface area contributed by atoms with Crippen molar-refractivity contribution in [3.8, 4) is 0 Å². The first-order valence-electron chi connectivity index (χ1n) is 4.87. The molecule has 0 aliphatic heterocycles. The lowest BCUT2D eigenvalue weighted by molar-refractivity contribution is 1.17. The van der Waals surface area contributed by atoms with E-state index >= 15 is 0 Å². The first kappa shape index (κ1) is 10.1. The molecule has 0 saturated heterocycles. The minimum absolute atomic E-state index is 0.732. The molecule has 2 N–H and O–H groups in total. The lowest BCUT2D eigenvalue weighted by Gasteiger charge is -2.04. The van der Waals surface area contributed by atoms with E-state index in [1.165, 1.54) is 11.1 Å². The number of thiol groups is 1. The molecule has 0 heterocycles. The Morgan fingerprint density at radius 3 is 2.33 bits per heavy atom. The molecule has 2 rings (SSSR count). The summed E-state index contributed by atoms with van der Waals surface area (Å²) >= 11 is 4.31. The first-order chi connectivity index (χ1) is 7.25. The van der Waals surface area contributed by atoms with Crippen LogP contribution < -0.4 is 5.73 Å². The second-order valence-corrected chi connectivity index (χ2v) is 4.04. The molecule has 0 aliphatic carbocycles. The third-order valence-corrected chi connectivity index (χ3v) is 2.73. The molecule has 0 aliphatic rings. The van der Waals surface area contributed by atoms with Gasteiger partial charge in [-0.1, -0.05) is 36.4 Å². The van der Waals surface area contributed by atoms with Crippen molar-refractivity contribution in [1.82, 2.24) is 0 Å². The standard InChI is InChI=1S/C13H13NS/c14-12-7-6-11(9-13(12)15)8-10-4-2-1-3-5-10/h1-7,9,15H,8,14H2. The van der Waals surface area contributed by atoms with Crippen LogP contribution in [0.2, 0.25) is 0 Å². The van der Waals surface area contributed by atoms with Gasteiger partial charge in [-0.3, -0.25) is 0 Å². The molecular weight excluding hydrogens is 202 g/mol. The molecule has 0 amide bonds. The van der Waals surface area contributed by atoms with Crippen LogP contribution in [0.15, 0.2) is 53.4 Å². The molecule has 2 heteroatoms. The highest BCUT2D eigenvalue weighted by atomic mass is 32.1. The first-order valence-corrected chi connectivity index (χ1v) is 5.32.